The summed E-state index contributed by atoms with van der Waals surface area (Å²) in [5.41, 5.74) is 2.33. The van der Waals surface area contributed by atoms with E-state index in [0.717, 1.165) is 18.7 Å². The van der Waals surface area contributed by atoms with Gasteiger partial charge in [0.1, 0.15) is 12.0 Å². The molecular weight excluding hydrogens is 256 g/mol. The Kier molecular flexibility index (Phi) is 2.90. The Balaban J connectivity index is 1.96. The molecule has 0 saturated carbocycles. The van der Waals surface area contributed by atoms with Gasteiger partial charge in [-0.3, -0.25) is 0 Å². The molecule has 1 aromatic rings. The number of carbonyl (C=O) groups is 1. The second kappa shape index (κ2) is 4.38. The van der Waals surface area contributed by atoms with Crippen molar-refractivity contribution in [3.63, 3.8) is 0 Å². The molecule has 0 aromatic heterocycles. The molecule has 0 radical (unpaired) electrons. The topological polar surface area (TPSA) is 42.0 Å². The Morgan fingerprint density at radius 3 is 2.95 bits per heavy atom. The quantitative estimate of drug-likeness (QED) is 0.788. The summed E-state index contributed by atoms with van der Waals surface area (Å²) in [6.07, 6.45) is 0.707. The van der Waals surface area contributed by atoms with E-state index in [-0.39, 0.29) is 17.7 Å². The standard InChI is InChI=1S/C15H20N2O3/c1-15-7-8-19-13(15)17(4)12-6-5-10(9-11(12)15)20-14(18)16(2)3/h5-6,9,13H,7-8H2,1-4H3. The zero-order valence-electron chi connectivity index (χ0n) is 12.3. The third-order valence-electron chi connectivity index (χ3n) is 4.33. The number of amides is 1. The normalized spacial score (nSPS) is 27.2. The molecule has 20 heavy (non-hydrogen) atoms. The molecule has 2 unspecified atom stereocenters. The summed E-state index contributed by atoms with van der Waals surface area (Å²) >= 11 is 0. The van der Waals surface area contributed by atoms with E-state index in [2.05, 4.69) is 11.8 Å². The van der Waals surface area contributed by atoms with Crippen molar-refractivity contribution in [2.45, 2.75) is 25.0 Å². The second-order valence-corrected chi connectivity index (χ2v) is 5.94. The van der Waals surface area contributed by atoms with Gasteiger partial charge < -0.3 is 19.3 Å². The van der Waals surface area contributed by atoms with Crippen LogP contribution in [0.2, 0.25) is 0 Å². The average Bonchev–Trinajstić information content (AvgIpc) is 2.88. The molecular formula is C15H20N2O3. The number of anilines is 1. The monoisotopic (exact) mass is 276 g/mol. The highest BCUT2D eigenvalue weighted by Crippen LogP contribution is 2.51. The minimum absolute atomic E-state index is 0.0232. The van der Waals surface area contributed by atoms with Gasteiger partial charge >= 0.3 is 6.09 Å². The Morgan fingerprint density at radius 1 is 1.50 bits per heavy atom. The van der Waals surface area contributed by atoms with E-state index < -0.39 is 0 Å². The molecule has 0 N–H and O–H groups in total. The van der Waals surface area contributed by atoms with Gasteiger partial charge in [-0.05, 0) is 30.2 Å². The zero-order chi connectivity index (χ0) is 14.5. The van der Waals surface area contributed by atoms with Crippen molar-refractivity contribution in [3.05, 3.63) is 23.8 Å². The first-order valence-electron chi connectivity index (χ1n) is 6.81. The van der Waals surface area contributed by atoms with Gasteiger partial charge in [0.05, 0.1) is 6.61 Å². The Morgan fingerprint density at radius 2 is 2.25 bits per heavy atom. The van der Waals surface area contributed by atoms with Crippen LogP contribution in [0.25, 0.3) is 0 Å². The molecule has 2 heterocycles. The first-order chi connectivity index (χ1) is 9.43. The van der Waals surface area contributed by atoms with Crippen LogP contribution in [-0.2, 0) is 10.2 Å². The lowest BCUT2D eigenvalue weighted by atomic mass is 9.82. The summed E-state index contributed by atoms with van der Waals surface area (Å²) in [5.74, 6) is 0.588. The van der Waals surface area contributed by atoms with Crippen LogP contribution in [0, 0.1) is 0 Å². The third-order valence-corrected chi connectivity index (χ3v) is 4.33. The number of hydrogen-bond acceptors (Lipinski definition) is 4. The van der Waals surface area contributed by atoms with E-state index in [1.807, 2.05) is 25.2 Å². The summed E-state index contributed by atoms with van der Waals surface area (Å²) in [4.78, 5) is 15.2. The molecule has 108 valence electrons. The lowest BCUT2D eigenvalue weighted by molar-refractivity contribution is 0.0920. The number of nitrogens with zero attached hydrogens (tertiary/aromatic N) is 2. The van der Waals surface area contributed by atoms with Gasteiger partial charge in [0.25, 0.3) is 0 Å². The number of fused-ring (bicyclic) bond motifs is 3. The molecule has 0 aliphatic carbocycles. The van der Waals surface area contributed by atoms with Crippen molar-refractivity contribution in [1.29, 1.82) is 0 Å². The van der Waals surface area contributed by atoms with Crippen LogP contribution in [0.15, 0.2) is 18.2 Å². The summed E-state index contributed by atoms with van der Waals surface area (Å²) in [5, 5.41) is 0. The molecule has 5 heteroatoms. The minimum atomic E-state index is -0.360. The number of benzene rings is 1. The van der Waals surface area contributed by atoms with E-state index in [4.69, 9.17) is 9.47 Å². The molecule has 5 nitrogen and oxygen atoms in total. The molecule has 2 aliphatic rings. The molecule has 1 saturated heterocycles. The fourth-order valence-corrected chi connectivity index (χ4v) is 3.16. The highest BCUT2D eigenvalue weighted by molar-refractivity contribution is 5.72. The third kappa shape index (κ3) is 1.77. The molecule has 2 aliphatic heterocycles. The van der Waals surface area contributed by atoms with Crippen LogP contribution in [0.1, 0.15) is 18.9 Å². The van der Waals surface area contributed by atoms with Crippen molar-refractivity contribution in [2.24, 2.45) is 0 Å². The smallest absolute Gasteiger partial charge is 0.410 e. The van der Waals surface area contributed by atoms with Gasteiger partial charge in [0.2, 0.25) is 0 Å². The van der Waals surface area contributed by atoms with Crippen LogP contribution in [-0.4, -0.2) is 45.0 Å². The maximum atomic E-state index is 11.7. The molecule has 3 rings (SSSR count). The van der Waals surface area contributed by atoms with E-state index >= 15 is 0 Å². The number of ether oxygens (including phenoxy) is 2. The van der Waals surface area contributed by atoms with E-state index in [0.29, 0.717) is 5.75 Å². The van der Waals surface area contributed by atoms with Crippen LogP contribution in [0.4, 0.5) is 10.5 Å². The number of likely N-dealkylation sites (N-methyl/N-ethyl adjacent to an activating group) is 1. The molecule has 2 atom stereocenters. The fourth-order valence-electron chi connectivity index (χ4n) is 3.16. The van der Waals surface area contributed by atoms with Crippen molar-refractivity contribution >= 4 is 11.8 Å². The first kappa shape index (κ1) is 13.2. The van der Waals surface area contributed by atoms with Crippen molar-refractivity contribution in [1.82, 2.24) is 4.90 Å². The van der Waals surface area contributed by atoms with Gasteiger partial charge in [-0.15, -0.1) is 0 Å². The highest BCUT2D eigenvalue weighted by Gasteiger charge is 2.50. The molecule has 0 spiro atoms. The van der Waals surface area contributed by atoms with Crippen molar-refractivity contribution in [2.75, 3.05) is 32.6 Å². The fraction of sp³-hybridized carbons (Fsp3) is 0.533. The molecule has 1 aromatic carbocycles. The van der Waals surface area contributed by atoms with Crippen LogP contribution >= 0.6 is 0 Å². The maximum Gasteiger partial charge on any atom is 0.414 e. The van der Waals surface area contributed by atoms with Crippen LogP contribution < -0.4 is 9.64 Å². The number of hydrogen-bond donors (Lipinski definition) is 0. The van der Waals surface area contributed by atoms with Crippen LogP contribution in [0.5, 0.6) is 5.75 Å². The second-order valence-electron chi connectivity index (χ2n) is 5.94. The zero-order valence-corrected chi connectivity index (χ0v) is 12.3. The maximum absolute atomic E-state index is 11.7. The SMILES string of the molecule is CN(C)C(=O)Oc1ccc2c(c1)C1(C)CCOC1N2C. The summed E-state index contributed by atoms with van der Waals surface area (Å²) in [7, 11) is 5.39. The van der Waals surface area contributed by atoms with Gasteiger partial charge in [-0.25, -0.2) is 4.79 Å². The summed E-state index contributed by atoms with van der Waals surface area (Å²) in [6, 6.07) is 5.81. The first-order valence-corrected chi connectivity index (χ1v) is 6.81. The van der Waals surface area contributed by atoms with Crippen molar-refractivity contribution in [3.8, 4) is 5.75 Å². The molecule has 1 fully saturated rings. The van der Waals surface area contributed by atoms with Gasteiger partial charge in [-0.1, -0.05) is 6.92 Å². The Bertz CT molecular complexity index is 558. The summed E-state index contributed by atoms with van der Waals surface area (Å²) in [6.45, 7) is 2.98. The predicted octanol–water partition coefficient (Wildman–Crippen LogP) is 2.20. The van der Waals surface area contributed by atoms with E-state index in [9.17, 15) is 4.79 Å². The van der Waals surface area contributed by atoms with Gasteiger partial charge in [0, 0.05) is 32.2 Å². The number of rotatable bonds is 1. The van der Waals surface area contributed by atoms with E-state index in [1.165, 1.54) is 10.5 Å². The lowest BCUT2D eigenvalue weighted by Crippen LogP contribution is -2.37. The number of carbonyl (C=O) groups excluding carboxylic acids is 1. The minimum Gasteiger partial charge on any atom is -0.410 e. The largest absolute Gasteiger partial charge is 0.414 e. The molecule has 0 bridgehead atoms. The van der Waals surface area contributed by atoms with Crippen molar-refractivity contribution < 1.29 is 14.3 Å². The summed E-state index contributed by atoms with van der Waals surface area (Å²) < 4.78 is 11.2. The predicted molar refractivity (Wildman–Crippen MR) is 76.3 cm³/mol. The Hall–Kier alpha value is -1.75. The molecule has 1 amide bonds. The van der Waals surface area contributed by atoms with E-state index in [1.54, 1.807) is 14.1 Å². The average molecular weight is 276 g/mol. The highest BCUT2D eigenvalue weighted by atomic mass is 16.6. The lowest BCUT2D eigenvalue weighted by Gasteiger charge is -2.26. The van der Waals surface area contributed by atoms with Crippen LogP contribution in [0.3, 0.4) is 0 Å². The Labute approximate surface area is 119 Å². The van der Waals surface area contributed by atoms with Gasteiger partial charge in [-0.2, -0.15) is 0 Å². The van der Waals surface area contributed by atoms with Gasteiger partial charge in [0.15, 0.2) is 0 Å².